The molecule has 0 unspecified atom stereocenters. The summed E-state index contributed by atoms with van der Waals surface area (Å²) in [6, 6.07) is 43.1. The zero-order valence-electron chi connectivity index (χ0n) is 25.7. The first-order chi connectivity index (χ1) is 17.8. The SMILES string of the molecule is C[Si](C)([N-][Si](C)(C)c1ccccc1)c1ccccc1.C[Si](C)([N-][Si](C)(C)c1ccccc1)c1ccccc1.[Cl-].[Cl-].[Zr+4]. The van der Waals surface area contributed by atoms with E-state index in [1.165, 1.54) is 20.7 Å². The Labute approximate surface area is 285 Å². The molecule has 2 nitrogen and oxygen atoms in total. The van der Waals surface area contributed by atoms with Crippen LogP contribution in [-0.4, -0.2) is 32.9 Å². The van der Waals surface area contributed by atoms with Crippen molar-refractivity contribution in [2.45, 2.75) is 52.4 Å². The number of nitrogens with zero attached hydrogens (tertiary/aromatic N) is 2. The summed E-state index contributed by atoms with van der Waals surface area (Å²) in [6.07, 6.45) is 0. The Hall–Kier alpha value is -0.869. The fraction of sp³-hybridized carbons (Fsp3) is 0.250. The van der Waals surface area contributed by atoms with Gasteiger partial charge < -0.3 is 34.1 Å². The van der Waals surface area contributed by atoms with Crippen LogP contribution < -0.4 is 45.6 Å². The third kappa shape index (κ3) is 12.0. The average molecular weight is 731 g/mol. The molecule has 0 aliphatic heterocycles. The summed E-state index contributed by atoms with van der Waals surface area (Å²) in [5.74, 6) is 0. The van der Waals surface area contributed by atoms with Crippen LogP contribution in [0.4, 0.5) is 0 Å². The van der Waals surface area contributed by atoms with Crippen molar-refractivity contribution in [2.24, 2.45) is 0 Å². The molecule has 0 spiro atoms. The minimum absolute atomic E-state index is 0. The van der Waals surface area contributed by atoms with Crippen molar-refractivity contribution in [3.8, 4) is 0 Å². The van der Waals surface area contributed by atoms with E-state index in [0.717, 1.165) is 0 Å². The van der Waals surface area contributed by atoms with Crippen molar-refractivity contribution in [1.29, 1.82) is 0 Å². The molecule has 0 fully saturated rings. The maximum absolute atomic E-state index is 5.36. The van der Waals surface area contributed by atoms with Crippen molar-refractivity contribution in [3.63, 3.8) is 0 Å². The molecule has 0 aliphatic carbocycles. The van der Waals surface area contributed by atoms with E-state index in [4.69, 9.17) is 9.30 Å². The monoisotopic (exact) mass is 728 g/mol. The maximum Gasteiger partial charge on any atom is 4.00 e. The van der Waals surface area contributed by atoms with Crippen LogP contribution >= 0.6 is 0 Å². The van der Waals surface area contributed by atoms with Gasteiger partial charge >= 0.3 is 26.2 Å². The Morgan fingerprint density at radius 3 is 0.610 bits per heavy atom. The van der Waals surface area contributed by atoms with Crippen molar-refractivity contribution >= 4 is 53.7 Å². The van der Waals surface area contributed by atoms with Gasteiger partial charge in [-0.15, -0.1) is 0 Å². The normalized spacial score (nSPS) is 11.5. The molecule has 0 radical (unpaired) electrons. The third-order valence-corrected chi connectivity index (χ3v) is 23.0. The van der Waals surface area contributed by atoms with Gasteiger partial charge in [-0.05, 0) is 32.9 Å². The minimum atomic E-state index is -1.71. The molecule has 0 amide bonds. The summed E-state index contributed by atoms with van der Waals surface area (Å²) >= 11 is 0. The van der Waals surface area contributed by atoms with Crippen LogP contribution in [0.5, 0.6) is 0 Å². The molecule has 0 aliphatic rings. The fourth-order valence-electron chi connectivity index (χ4n) is 5.04. The number of hydrogen-bond donors (Lipinski definition) is 0. The minimum Gasteiger partial charge on any atom is -1.00 e. The van der Waals surface area contributed by atoms with E-state index in [2.05, 4.69) is 174 Å². The van der Waals surface area contributed by atoms with E-state index in [-0.39, 0.29) is 51.0 Å². The van der Waals surface area contributed by atoms with Crippen molar-refractivity contribution in [3.05, 3.63) is 131 Å². The van der Waals surface area contributed by atoms with Crippen LogP contribution in [0.25, 0.3) is 9.30 Å². The maximum atomic E-state index is 5.36. The van der Waals surface area contributed by atoms with Gasteiger partial charge in [-0.2, -0.15) is 0 Å². The van der Waals surface area contributed by atoms with E-state index >= 15 is 0 Å². The molecule has 0 N–H and O–H groups in total. The molecule has 0 aromatic heterocycles. The molecule has 4 aromatic carbocycles. The van der Waals surface area contributed by atoms with Gasteiger partial charge in [0.15, 0.2) is 0 Å². The standard InChI is InChI=1S/2C16H22NSi2.2ClH.Zr/c2*1-18(2,15-11-7-5-8-12-15)17-19(3,4)16-13-9-6-10-14-16;;;/h2*5-14H,1-4H3;2*1H;/q2*-1;;;+4/p-2. The summed E-state index contributed by atoms with van der Waals surface area (Å²) in [6.45, 7) is 18.8. The summed E-state index contributed by atoms with van der Waals surface area (Å²) in [5.41, 5.74) is 0. The van der Waals surface area contributed by atoms with Crippen LogP contribution in [0.2, 0.25) is 52.4 Å². The summed E-state index contributed by atoms with van der Waals surface area (Å²) in [5, 5.41) is 5.69. The Kier molecular flexibility index (Phi) is 17.1. The van der Waals surface area contributed by atoms with E-state index < -0.39 is 32.9 Å². The van der Waals surface area contributed by atoms with Crippen LogP contribution in [-0.2, 0) is 26.2 Å². The Morgan fingerprint density at radius 1 is 0.317 bits per heavy atom. The first-order valence-corrected chi connectivity index (χ1v) is 25.3. The molecule has 41 heavy (non-hydrogen) atoms. The molecule has 0 saturated carbocycles. The summed E-state index contributed by atoms with van der Waals surface area (Å²) in [7, 11) is -6.84. The molecule has 9 heteroatoms. The Bertz CT molecular complexity index is 1060. The van der Waals surface area contributed by atoms with Gasteiger partial charge in [0, 0.05) is 0 Å². The average Bonchev–Trinajstić information content (AvgIpc) is 2.90. The fourth-order valence-corrected chi connectivity index (χ4v) is 22.3. The van der Waals surface area contributed by atoms with Crippen molar-refractivity contribution in [1.82, 2.24) is 0 Å². The van der Waals surface area contributed by atoms with E-state index in [9.17, 15) is 0 Å². The van der Waals surface area contributed by atoms with Gasteiger partial charge in [-0.25, -0.2) is 0 Å². The molecular weight excluding hydrogens is 687 g/mol. The topological polar surface area (TPSA) is 28.2 Å². The van der Waals surface area contributed by atoms with Gasteiger partial charge in [-0.3, -0.25) is 0 Å². The Balaban J connectivity index is 0.000000727. The second-order valence-corrected chi connectivity index (χ2v) is 28.5. The van der Waals surface area contributed by atoms with Gasteiger partial charge in [0.1, 0.15) is 0 Å². The molecule has 0 atom stereocenters. The zero-order valence-corrected chi connectivity index (χ0v) is 33.7. The number of benzene rings is 4. The second-order valence-electron chi connectivity index (χ2n) is 11.9. The van der Waals surface area contributed by atoms with Crippen LogP contribution in [0.3, 0.4) is 0 Å². The number of halogens is 2. The predicted molar refractivity (Wildman–Crippen MR) is 181 cm³/mol. The van der Waals surface area contributed by atoms with Gasteiger partial charge in [0.25, 0.3) is 0 Å². The van der Waals surface area contributed by atoms with Crippen molar-refractivity contribution < 1.29 is 51.0 Å². The molecule has 0 bridgehead atoms. The molecule has 4 aromatic rings. The second kappa shape index (κ2) is 17.4. The van der Waals surface area contributed by atoms with Crippen LogP contribution in [0, 0.1) is 0 Å². The zero-order chi connectivity index (χ0) is 27.9. The molecule has 216 valence electrons. The largest absolute Gasteiger partial charge is 4.00 e. The van der Waals surface area contributed by atoms with Gasteiger partial charge in [0.2, 0.25) is 0 Å². The van der Waals surface area contributed by atoms with Gasteiger partial charge in [0.05, 0.1) is 0 Å². The summed E-state index contributed by atoms with van der Waals surface area (Å²) in [4.78, 5) is 0. The van der Waals surface area contributed by atoms with Gasteiger partial charge in [-0.1, -0.05) is 194 Å². The molecular formula is C32H44Cl2N2Si4Zr. The van der Waals surface area contributed by atoms with E-state index in [0.29, 0.717) is 0 Å². The van der Waals surface area contributed by atoms with E-state index in [1.807, 2.05) is 0 Å². The third-order valence-electron chi connectivity index (χ3n) is 7.04. The van der Waals surface area contributed by atoms with Crippen molar-refractivity contribution in [2.75, 3.05) is 0 Å². The number of rotatable bonds is 8. The van der Waals surface area contributed by atoms with Crippen LogP contribution in [0.15, 0.2) is 121 Å². The first-order valence-electron chi connectivity index (χ1n) is 13.5. The quantitative estimate of drug-likeness (QED) is 0.244. The predicted octanol–water partition coefficient (Wildman–Crippen LogP) is 1.17. The smallest absolute Gasteiger partial charge is 1.00 e. The van der Waals surface area contributed by atoms with E-state index in [1.54, 1.807) is 0 Å². The molecule has 0 heterocycles. The molecule has 4 rings (SSSR count). The Morgan fingerprint density at radius 2 is 0.463 bits per heavy atom. The van der Waals surface area contributed by atoms with Crippen LogP contribution in [0.1, 0.15) is 0 Å². The number of hydrogen-bond acceptors (Lipinski definition) is 0. The summed E-state index contributed by atoms with van der Waals surface area (Å²) < 4.78 is 10.7. The molecule has 0 saturated heterocycles. The first kappa shape index (κ1) is 40.1.